The summed E-state index contributed by atoms with van der Waals surface area (Å²) >= 11 is 0. The van der Waals surface area contributed by atoms with Crippen molar-refractivity contribution in [2.24, 2.45) is 0 Å². The van der Waals surface area contributed by atoms with Gasteiger partial charge in [0.2, 0.25) is 5.89 Å². The van der Waals surface area contributed by atoms with Crippen molar-refractivity contribution in [3.05, 3.63) is 65.5 Å². The average molecular weight is 398 g/mol. The number of aryl methyl sites for hydroxylation is 2. The van der Waals surface area contributed by atoms with Crippen molar-refractivity contribution in [3.63, 3.8) is 0 Å². The topological polar surface area (TPSA) is 89.3 Å². The van der Waals surface area contributed by atoms with Gasteiger partial charge in [-0.15, -0.1) is 0 Å². The summed E-state index contributed by atoms with van der Waals surface area (Å²) in [6.07, 6.45) is 0.481. The average Bonchev–Trinajstić information content (AvgIpc) is 3.01. The van der Waals surface area contributed by atoms with E-state index in [-0.39, 0.29) is 16.2 Å². The number of hydrogen-bond donors (Lipinski definition) is 1. The van der Waals surface area contributed by atoms with Gasteiger partial charge in [0, 0.05) is 11.3 Å². The van der Waals surface area contributed by atoms with Crippen molar-refractivity contribution in [2.45, 2.75) is 32.1 Å². The number of nitrogens with one attached hydrogen (secondary N) is 1. The summed E-state index contributed by atoms with van der Waals surface area (Å²) in [7, 11) is -3.52. The molecule has 1 heterocycles. The summed E-state index contributed by atoms with van der Waals surface area (Å²) in [6, 6.07) is 13.3. The predicted molar refractivity (Wildman–Crippen MR) is 108 cm³/mol. The first kappa shape index (κ1) is 19.8. The molecule has 146 valence electrons. The van der Waals surface area contributed by atoms with Crippen molar-refractivity contribution in [2.75, 3.05) is 11.1 Å². The van der Waals surface area contributed by atoms with Gasteiger partial charge in [0.05, 0.1) is 21.9 Å². The maximum Gasteiger partial charge on any atom is 0.256 e. The first-order chi connectivity index (χ1) is 13.3. The molecule has 0 unspecified atom stereocenters. The van der Waals surface area contributed by atoms with Crippen LogP contribution in [0.2, 0.25) is 0 Å². The van der Waals surface area contributed by atoms with Crippen LogP contribution >= 0.6 is 0 Å². The third kappa shape index (κ3) is 4.14. The first-order valence-corrected chi connectivity index (χ1v) is 10.6. The highest BCUT2D eigenvalue weighted by Crippen LogP contribution is 2.25. The molecule has 0 aliphatic carbocycles. The van der Waals surface area contributed by atoms with Crippen molar-refractivity contribution in [1.82, 2.24) is 4.98 Å². The molecule has 1 aromatic heterocycles. The highest BCUT2D eigenvalue weighted by Gasteiger charge is 2.21. The number of oxazole rings is 1. The zero-order valence-electron chi connectivity index (χ0n) is 16.0. The van der Waals surface area contributed by atoms with Crippen LogP contribution in [0, 0.1) is 13.8 Å². The van der Waals surface area contributed by atoms with E-state index < -0.39 is 15.7 Å². The van der Waals surface area contributed by atoms with Crippen molar-refractivity contribution >= 4 is 21.4 Å². The third-order valence-corrected chi connectivity index (χ3v) is 6.31. The number of sulfone groups is 1. The first-order valence-electron chi connectivity index (χ1n) is 8.99. The van der Waals surface area contributed by atoms with Crippen LogP contribution in [0.1, 0.15) is 35.2 Å². The van der Waals surface area contributed by atoms with E-state index in [1.54, 1.807) is 37.3 Å². The van der Waals surface area contributed by atoms with Crippen LogP contribution in [0.15, 0.2) is 57.8 Å². The number of carbonyl (C=O) groups excluding carboxylic acids is 1. The summed E-state index contributed by atoms with van der Waals surface area (Å²) in [5.74, 6) is 0.721. The van der Waals surface area contributed by atoms with Gasteiger partial charge in [-0.25, -0.2) is 13.4 Å². The van der Waals surface area contributed by atoms with Gasteiger partial charge in [-0.3, -0.25) is 4.79 Å². The van der Waals surface area contributed by atoms with Crippen LogP contribution < -0.4 is 5.32 Å². The number of hydrogen-bond acceptors (Lipinski definition) is 5. The van der Waals surface area contributed by atoms with Crippen LogP contribution in [-0.4, -0.2) is 25.1 Å². The second-order valence-corrected chi connectivity index (χ2v) is 8.59. The molecule has 0 bridgehead atoms. The molecule has 28 heavy (non-hydrogen) atoms. The van der Waals surface area contributed by atoms with Gasteiger partial charge < -0.3 is 9.73 Å². The van der Waals surface area contributed by atoms with Crippen LogP contribution in [0.5, 0.6) is 0 Å². The van der Waals surface area contributed by atoms with Crippen LogP contribution in [0.4, 0.5) is 5.69 Å². The van der Waals surface area contributed by atoms with Gasteiger partial charge >= 0.3 is 0 Å². The van der Waals surface area contributed by atoms with Gasteiger partial charge in [-0.2, -0.15) is 0 Å². The number of amides is 1. The Morgan fingerprint density at radius 2 is 1.86 bits per heavy atom. The molecule has 3 aromatic rings. The zero-order valence-corrected chi connectivity index (χ0v) is 16.8. The highest BCUT2D eigenvalue weighted by molar-refractivity contribution is 7.91. The molecule has 0 fully saturated rings. The second-order valence-electron chi connectivity index (χ2n) is 6.51. The van der Waals surface area contributed by atoms with Gasteiger partial charge in [0.1, 0.15) is 5.76 Å². The SMILES string of the molecule is CCCS(=O)(=O)c1ccccc1C(=O)Nc1cccc(-c2nc(C)c(C)o2)c1. The summed E-state index contributed by atoms with van der Waals surface area (Å²) in [4.78, 5) is 17.2. The number of rotatable bonds is 6. The van der Waals surface area contributed by atoms with E-state index >= 15 is 0 Å². The molecule has 1 amide bonds. The largest absolute Gasteiger partial charge is 0.441 e. The third-order valence-electron chi connectivity index (χ3n) is 4.34. The number of anilines is 1. The maximum atomic E-state index is 12.8. The molecule has 0 saturated heterocycles. The Labute approximate surface area is 164 Å². The van der Waals surface area contributed by atoms with Gasteiger partial charge in [0.15, 0.2) is 9.84 Å². The normalized spacial score (nSPS) is 11.4. The second kappa shape index (κ2) is 7.98. The Balaban J connectivity index is 1.90. The van der Waals surface area contributed by atoms with Crippen molar-refractivity contribution in [3.8, 4) is 11.5 Å². The van der Waals surface area contributed by atoms with Gasteiger partial charge in [0.25, 0.3) is 5.91 Å². The minimum Gasteiger partial charge on any atom is -0.441 e. The smallest absolute Gasteiger partial charge is 0.256 e. The van der Waals surface area contributed by atoms with Gasteiger partial charge in [-0.1, -0.05) is 25.1 Å². The van der Waals surface area contributed by atoms with Crippen LogP contribution in [0.25, 0.3) is 11.5 Å². The molecular weight excluding hydrogens is 376 g/mol. The van der Waals surface area contributed by atoms with E-state index in [0.29, 0.717) is 18.0 Å². The molecule has 0 aliphatic rings. The summed E-state index contributed by atoms with van der Waals surface area (Å²) < 4.78 is 30.6. The van der Waals surface area contributed by atoms with Crippen LogP contribution in [0.3, 0.4) is 0 Å². The summed E-state index contributed by atoms with van der Waals surface area (Å²) in [5.41, 5.74) is 2.18. The lowest BCUT2D eigenvalue weighted by Gasteiger charge is -2.11. The molecule has 1 N–H and O–H groups in total. The van der Waals surface area contributed by atoms with E-state index in [2.05, 4.69) is 10.3 Å². The molecule has 7 heteroatoms. The molecule has 2 aromatic carbocycles. The molecule has 0 saturated carbocycles. The van der Waals surface area contributed by atoms with E-state index in [1.165, 1.54) is 12.1 Å². The van der Waals surface area contributed by atoms with E-state index in [4.69, 9.17) is 4.42 Å². The summed E-state index contributed by atoms with van der Waals surface area (Å²) in [6.45, 7) is 5.49. The lowest BCUT2D eigenvalue weighted by atomic mass is 10.1. The van der Waals surface area contributed by atoms with Crippen molar-refractivity contribution in [1.29, 1.82) is 0 Å². The summed E-state index contributed by atoms with van der Waals surface area (Å²) in [5, 5.41) is 2.77. The Hall–Kier alpha value is -2.93. The zero-order chi connectivity index (χ0) is 20.3. The van der Waals surface area contributed by atoms with E-state index in [1.807, 2.05) is 19.9 Å². The fourth-order valence-corrected chi connectivity index (χ4v) is 4.37. The number of nitrogens with zero attached hydrogens (tertiary/aromatic N) is 1. The quantitative estimate of drug-likeness (QED) is 0.665. The molecule has 0 atom stereocenters. The van der Waals surface area contributed by atoms with Crippen molar-refractivity contribution < 1.29 is 17.6 Å². The van der Waals surface area contributed by atoms with E-state index in [0.717, 1.165) is 17.0 Å². The molecule has 3 rings (SSSR count). The standard InChI is InChI=1S/C21H22N2O4S/c1-4-12-28(25,26)19-11-6-5-10-18(19)20(24)23-17-9-7-8-16(13-17)21-22-14(2)15(3)27-21/h5-11,13H,4,12H2,1-3H3,(H,23,24). The number of benzene rings is 2. The highest BCUT2D eigenvalue weighted by atomic mass is 32.2. The Morgan fingerprint density at radius 1 is 1.11 bits per heavy atom. The fourth-order valence-electron chi connectivity index (χ4n) is 2.83. The fraction of sp³-hybridized carbons (Fsp3) is 0.238. The molecule has 0 radical (unpaired) electrons. The monoisotopic (exact) mass is 398 g/mol. The van der Waals surface area contributed by atoms with Gasteiger partial charge in [-0.05, 0) is 50.6 Å². The Kier molecular flexibility index (Phi) is 5.65. The minimum atomic E-state index is -3.52. The number of carbonyl (C=O) groups is 1. The Morgan fingerprint density at radius 3 is 2.54 bits per heavy atom. The number of aromatic nitrogens is 1. The Bertz CT molecular complexity index is 1100. The molecule has 6 nitrogen and oxygen atoms in total. The molecule has 0 spiro atoms. The predicted octanol–water partition coefficient (Wildman–Crippen LogP) is 4.39. The molecular formula is C21H22N2O4S. The molecule has 0 aliphatic heterocycles. The maximum absolute atomic E-state index is 12.8. The van der Waals surface area contributed by atoms with E-state index in [9.17, 15) is 13.2 Å². The minimum absolute atomic E-state index is 0.00432. The lowest BCUT2D eigenvalue weighted by Crippen LogP contribution is -2.17. The van der Waals surface area contributed by atoms with Crippen LogP contribution in [-0.2, 0) is 9.84 Å². The lowest BCUT2D eigenvalue weighted by molar-refractivity contribution is 0.102.